The Labute approximate surface area is 178 Å². The fourth-order valence-electron chi connectivity index (χ4n) is 2.93. The molecule has 0 saturated carbocycles. The van der Waals surface area contributed by atoms with Gasteiger partial charge in [0.05, 0.1) is 23.8 Å². The van der Waals surface area contributed by atoms with Gasteiger partial charge in [0.15, 0.2) is 17.0 Å². The van der Waals surface area contributed by atoms with Gasteiger partial charge in [0.2, 0.25) is 0 Å². The molecule has 0 aliphatic heterocycles. The molecule has 3 aromatic heterocycles. The number of ether oxygens (including phenoxy) is 1. The molecule has 0 atom stereocenters. The summed E-state index contributed by atoms with van der Waals surface area (Å²) in [4.78, 5) is 16.7. The van der Waals surface area contributed by atoms with Crippen LogP contribution in [0.5, 0.6) is 0 Å². The van der Waals surface area contributed by atoms with Crippen LogP contribution in [0.3, 0.4) is 0 Å². The van der Waals surface area contributed by atoms with E-state index in [2.05, 4.69) is 20.5 Å². The predicted octanol–water partition coefficient (Wildman–Crippen LogP) is 4.00. The number of nitrogens with one attached hydrogen (secondary N) is 1. The van der Waals surface area contributed by atoms with Crippen LogP contribution < -0.4 is 5.32 Å². The van der Waals surface area contributed by atoms with Crippen LogP contribution in [-0.2, 0) is 17.6 Å². The molecule has 0 saturated heterocycles. The highest BCUT2D eigenvalue weighted by Crippen LogP contribution is 2.32. The van der Waals surface area contributed by atoms with E-state index in [1.807, 2.05) is 6.92 Å². The third-order valence-corrected chi connectivity index (χ3v) is 4.41. The van der Waals surface area contributed by atoms with Crippen molar-refractivity contribution >= 4 is 17.2 Å². The first kappa shape index (κ1) is 21.4. The van der Waals surface area contributed by atoms with Gasteiger partial charge in [-0.15, -0.1) is 0 Å². The Hall–Kier alpha value is -3.80. The lowest BCUT2D eigenvalue weighted by molar-refractivity contribution is -0.142. The number of carbonyl (C=O) groups is 1. The van der Waals surface area contributed by atoms with Crippen LogP contribution in [0.15, 0.2) is 48.8 Å². The van der Waals surface area contributed by atoms with Crippen molar-refractivity contribution in [2.45, 2.75) is 19.8 Å². The van der Waals surface area contributed by atoms with E-state index in [0.717, 1.165) is 24.3 Å². The van der Waals surface area contributed by atoms with E-state index in [4.69, 9.17) is 4.74 Å². The van der Waals surface area contributed by atoms with E-state index < -0.39 is 23.6 Å². The van der Waals surface area contributed by atoms with Crippen LogP contribution in [0.25, 0.3) is 16.9 Å². The summed E-state index contributed by atoms with van der Waals surface area (Å²) in [6, 6.07) is 6.82. The number of carbonyl (C=O) groups excluding carboxylic acids is 1. The number of benzene rings is 1. The molecule has 0 unspecified atom stereocenters. The second-order valence-corrected chi connectivity index (χ2v) is 6.68. The Morgan fingerprint density at radius 3 is 2.62 bits per heavy atom. The van der Waals surface area contributed by atoms with Gasteiger partial charge in [0, 0.05) is 18.2 Å². The molecule has 0 aliphatic rings. The number of halogens is 4. The summed E-state index contributed by atoms with van der Waals surface area (Å²) >= 11 is 0. The lowest BCUT2D eigenvalue weighted by Crippen LogP contribution is -2.15. The van der Waals surface area contributed by atoms with Gasteiger partial charge in [-0.05, 0) is 37.3 Å². The first-order valence-electron chi connectivity index (χ1n) is 9.40. The molecule has 32 heavy (non-hydrogen) atoms. The summed E-state index contributed by atoms with van der Waals surface area (Å²) in [5, 5.41) is 10.3. The Morgan fingerprint density at radius 2 is 1.94 bits per heavy atom. The summed E-state index contributed by atoms with van der Waals surface area (Å²) in [7, 11) is 0. The van der Waals surface area contributed by atoms with E-state index >= 15 is 0 Å². The van der Waals surface area contributed by atoms with Crippen molar-refractivity contribution in [1.29, 1.82) is 0 Å². The highest BCUT2D eigenvalue weighted by Gasteiger charge is 2.35. The molecule has 0 fully saturated rings. The largest absolute Gasteiger partial charge is 0.433 e. The van der Waals surface area contributed by atoms with Crippen molar-refractivity contribution in [2.75, 3.05) is 11.9 Å². The Balaban J connectivity index is 1.68. The maximum atomic E-state index is 13.7. The molecule has 4 rings (SSSR count). The minimum atomic E-state index is -4.77. The molecule has 3 heterocycles. The van der Waals surface area contributed by atoms with Gasteiger partial charge in [-0.25, -0.2) is 18.6 Å². The van der Waals surface area contributed by atoms with E-state index in [1.54, 1.807) is 0 Å². The van der Waals surface area contributed by atoms with Gasteiger partial charge in [-0.2, -0.15) is 23.4 Å². The Kier molecular flexibility index (Phi) is 5.61. The van der Waals surface area contributed by atoms with Crippen LogP contribution in [0.4, 0.5) is 23.2 Å². The molecule has 0 spiro atoms. The number of anilines is 1. The fraction of sp³-hybridized carbons (Fsp3) is 0.200. The van der Waals surface area contributed by atoms with Crippen LogP contribution in [-0.4, -0.2) is 36.9 Å². The highest BCUT2D eigenvalue weighted by molar-refractivity contribution is 6.03. The molecule has 166 valence electrons. The van der Waals surface area contributed by atoms with E-state index in [0.29, 0.717) is 16.8 Å². The summed E-state index contributed by atoms with van der Waals surface area (Å²) in [5.74, 6) is -1.26. The van der Waals surface area contributed by atoms with E-state index in [-0.39, 0.29) is 29.3 Å². The number of hydrogen-bond acceptors (Lipinski definition) is 5. The lowest BCUT2D eigenvalue weighted by atomic mass is 10.1. The molecule has 1 amide bonds. The normalized spacial score (nSPS) is 11.8. The molecule has 0 bridgehead atoms. The molecule has 1 aromatic carbocycles. The van der Waals surface area contributed by atoms with Crippen molar-refractivity contribution in [2.24, 2.45) is 0 Å². The number of hydrogen-bond donors (Lipinski definition) is 1. The Bertz CT molecular complexity index is 1260. The minimum absolute atomic E-state index is 0.0334. The second kappa shape index (κ2) is 8.38. The molecule has 4 aromatic rings. The first-order valence-corrected chi connectivity index (χ1v) is 9.40. The zero-order valence-electron chi connectivity index (χ0n) is 16.6. The van der Waals surface area contributed by atoms with Crippen molar-refractivity contribution in [3.63, 3.8) is 0 Å². The van der Waals surface area contributed by atoms with Gasteiger partial charge in [0.25, 0.3) is 5.91 Å². The smallest absolute Gasteiger partial charge is 0.360 e. The number of aromatic nitrogens is 5. The number of fused-ring (bicyclic) bond motifs is 1. The summed E-state index contributed by atoms with van der Waals surface area (Å²) in [6.45, 7) is 2.49. The minimum Gasteiger partial charge on any atom is -0.360 e. The van der Waals surface area contributed by atoms with Crippen molar-refractivity contribution in [1.82, 2.24) is 24.4 Å². The van der Waals surface area contributed by atoms with Gasteiger partial charge < -0.3 is 10.1 Å². The number of rotatable bonds is 6. The van der Waals surface area contributed by atoms with Crippen LogP contribution in [0, 0.1) is 5.82 Å². The topological polar surface area (TPSA) is 86.3 Å². The zero-order chi connectivity index (χ0) is 22.9. The van der Waals surface area contributed by atoms with Crippen LogP contribution >= 0.6 is 0 Å². The maximum absolute atomic E-state index is 13.7. The summed E-state index contributed by atoms with van der Waals surface area (Å²) in [5.41, 5.74) is -0.997. The average molecular weight is 448 g/mol. The third-order valence-electron chi connectivity index (χ3n) is 4.41. The first-order chi connectivity index (χ1) is 15.2. The van der Waals surface area contributed by atoms with Crippen LogP contribution in [0.2, 0.25) is 0 Å². The fourth-order valence-corrected chi connectivity index (χ4v) is 2.93. The molecule has 12 heteroatoms. The summed E-state index contributed by atoms with van der Waals surface area (Å²) < 4.78 is 61.4. The monoisotopic (exact) mass is 448 g/mol. The molecular weight excluding hydrogens is 432 g/mol. The quantitative estimate of drug-likeness (QED) is 0.451. The summed E-state index contributed by atoms with van der Waals surface area (Å²) in [6.07, 6.45) is -1.88. The standard InChI is InChI=1S/C20H16F4N6O2/c1-2-32-11-29-10-14(9-25-29)26-19(31)16-8-18-27-15(12-3-5-13(21)6-4-12)7-17(20(22,23)24)30(18)28-16/h3-10H,2,11H2,1H3,(H,26,31). The molecular formula is C20H16F4N6O2. The SMILES string of the molecule is CCOCn1cc(NC(=O)c2cc3nc(-c4ccc(F)cc4)cc(C(F)(F)F)n3n2)cn1. The molecule has 0 aliphatic carbocycles. The highest BCUT2D eigenvalue weighted by atomic mass is 19.4. The second-order valence-electron chi connectivity index (χ2n) is 6.68. The zero-order valence-corrected chi connectivity index (χ0v) is 16.6. The van der Waals surface area contributed by atoms with Gasteiger partial charge in [-0.3, -0.25) is 4.79 Å². The number of amides is 1. The molecule has 8 nitrogen and oxygen atoms in total. The van der Waals surface area contributed by atoms with Crippen LogP contribution in [0.1, 0.15) is 23.1 Å². The average Bonchev–Trinajstić information content (AvgIpc) is 3.38. The Morgan fingerprint density at radius 1 is 1.19 bits per heavy atom. The van der Waals surface area contributed by atoms with Crippen molar-refractivity contribution in [3.8, 4) is 11.3 Å². The van der Waals surface area contributed by atoms with E-state index in [9.17, 15) is 22.4 Å². The predicted molar refractivity (Wildman–Crippen MR) is 105 cm³/mol. The number of nitrogens with zero attached hydrogens (tertiary/aromatic N) is 5. The van der Waals surface area contributed by atoms with Gasteiger partial charge >= 0.3 is 6.18 Å². The van der Waals surface area contributed by atoms with Gasteiger partial charge in [0.1, 0.15) is 12.5 Å². The maximum Gasteiger partial charge on any atom is 0.433 e. The number of alkyl halides is 3. The van der Waals surface area contributed by atoms with Gasteiger partial charge in [-0.1, -0.05) is 0 Å². The van der Waals surface area contributed by atoms with Crippen molar-refractivity contribution < 1.29 is 27.1 Å². The third kappa shape index (κ3) is 4.44. The molecule has 0 radical (unpaired) electrons. The van der Waals surface area contributed by atoms with E-state index in [1.165, 1.54) is 29.2 Å². The van der Waals surface area contributed by atoms with Crippen molar-refractivity contribution in [3.05, 3.63) is 66.0 Å². The lowest BCUT2D eigenvalue weighted by Gasteiger charge is -2.11. The molecule has 1 N–H and O–H groups in total.